The summed E-state index contributed by atoms with van der Waals surface area (Å²) in [4.78, 5) is 17.8. The van der Waals surface area contributed by atoms with Gasteiger partial charge in [0.15, 0.2) is 0 Å². The average Bonchev–Trinajstić information content (AvgIpc) is 2.54. The molecule has 8 heteroatoms. The highest BCUT2D eigenvalue weighted by atomic mass is 35.5. The van der Waals surface area contributed by atoms with Crippen molar-refractivity contribution in [3.63, 3.8) is 0 Å². The van der Waals surface area contributed by atoms with Crippen LogP contribution in [-0.4, -0.2) is 30.0 Å². The number of alkyl halides is 3. The van der Waals surface area contributed by atoms with Crippen molar-refractivity contribution in [3.8, 4) is 0 Å². The number of pyridine rings is 1. The zero-order valence-electron chi connectivity index (χ0n) is 13.7. The van der Waals surface area contributed by atoms with Gasteiger partial charge in [-0.1, -0.05) is 18.5 Å². The minimum atomic E-state index is -4.46. The van der Waals surface area contributed by atoms with Gasteiger partial charge in [0.1, 0.15) is 5.82 Å². The van der Waals surface area contributed by atoms with E-state index in [1.807, 2.05) is 18.7 Å². The van der Waals surface area contributed by atoms with E-state index in [4.69, 9.17) is 11.6 Å². The number of rotatable bonds is 4. The van der Waals surface area contributed by atoms with E-state index < -0.39 is 11.7 Å². The van der Waals surface area contributed by atoms with Gasteiger partial charge in [-0.15, -0.1) is 0 Å². The Labute approximate surface area is 144 Å². The molecule has 1 aliphatic heterocycles. The first kappa shape index (κ1) is 18.8. The molecule has 1 aromatic heterocycles. The zero-order valence-corrected chi connectivity index (χ0v) is 14.4. The Morgan fingerprint density at radius 1 is 1.46 bits per heavy atom. The maximum absolute atomic E-state index is 12.7. The first-order valence-electron chi connectivity index (χ1n) is 8.00. The molecule has 0 saturated carbocycles. The molecule has 0 unspecified atom stereocenters. The summed E-state index contributed by atoms with van der Waals surface area (Å²) in [5.74, 6) is 0.296. The molecule has 1 fully saturated rings. The minimum absolute atomic E-state index is 0.0210. The highest BCUT2D eigenvalue weighted by Gasteiger charge is 2.33. The number of amides is 1. The molecule has 1 saturated heterocycles. The van der Waals surface area contributed by atoms with Gasteiger partial charge in [-0.3, -0.25) is 4.79 Å². The molecular formula is C16H21ClF3N3O. The van der Waals surface area contributed by atoms with E-state index in [0.29, 0.717) is 31.7 Å². The summed E-state index contributed by atoms with van der Waals surface area (Å²) in [5.41, 5.74) is -0.862. The molecule has 0 aromatic carbocycles. The molecule has 1 N–H and O–H groups in total. The van der Waals surface area contributed by atoms with Crippen LogP contribution in [0.5, 0.6) is 0 Å². The van der Waals surface area contributed by atoms with Crippen molar-refractivity contribution in [3.05, 3.63) is 22.8 Å². The fourth-order valence-corrected chi connectivity index (χ4v) is 2.92. The van der Waals surface area contributed by atoms with Crippen molar-refractivity contribution in [1.29, 1.82) is 0 Å². The van der Waals surface area contributed by atoms with Crippen molar-refractivity contribution in [1.82, 2.24) is 10.3 Å². The number of nitrogens with zero attached hydrogens (tertiary/aromatic N) is 2. The zero-order chi connectivity index (χ0) is 17.9. The largest absolute Gasteiger partial charge is 0.417 e. The number of carbonyl (C=O) groups excluding carboxylic acids is 1. The monoisotopic (exact) mass is 363 g/mol. The lowest BCUT2D eigenvalue weighted by atomic mass is 9.95. The second-order valence-corrected chi connectivity index (χ2v) is 6.51. The molecule has 0 aliphatic carbocycles. The number of nitrogens with one attached hydrogen (secondary N) is 1. The summed E-state index contributed by atoms with van der Waals surface area (Å²) in [5, 5.41) is 2.94. The minimum Gasteiger partial charge on any atom is -0.355 e. The first-order valence-corrected chi connectivity index (χ1v) is 8.38. The molecule has 2 heterocycles. The summed E-state index contributed by atoms with van der Waals surface area (Å²) in [6.07, 6.45) is -1.54. The van der Waals surface area contributed by atoms with Crippen molar-refractivity contribution >= 4 is 23.3 Å². The molecule has 1 atom stereocenters. The maximum Gasteiger partial charge on any atom is 0.417 e. The van der Waals surface area contributed by atoms with Gasteiger partial charge >= 0.3 is 6.18 Å². The predicted molar refractivity (Wildman–Crippen MR) is 87.1 cm³/mol. The average molecular weight is 364 g/mol. The van der Waals surface area contributed by atoms with E-state index in [9.17, 15) is 18.0 Å². The van der Waals surface area contributed by atoms with Crippen LogP contribution in [-0.2, 0) is 11.0 Å². The highest BCUT2D eigenvalue weighted by Crippen LogP contribution is 2.34. The number of aromatic nitrogens is 1. The van der Waals surface area contributed by atoms with Gasteiger partial charge in [0.25, 0.3) is 0 Å². The number of hydrogen-bond donors (Lipinski definition) is 1. The van der Waals surface area contributed by atoms with E-state index >= 15 is 0 Å². The molecule has 2 rings (SSSR count). The quantitative estimate of drug-likeness (QED) is 0.882. The van der Waals surface area contributed by atoms with E-state index in [1.165, 1.54) is 0 Å². The van der Waals surface area contributed by atoms with Gasteiger partial charge in [0.2, 0.25) is 5.91 Å². The number of hydrogen-bond acceptors (Lipinski definition) is 3. The lowest BCUT2D eigenvalue weighted by molar-refractivity contribution is -0.137. The Bertz CT molecular complexity index is 586. The Hall–Kier alpha value is -1.50. The van der Waals surface area contributed by atoms with Gasteiger partial charge in [-0.2, -0.15) is 13.2 Å². The summed E-state index contributed by atoms with van der Waals surface area (Å²) in [7, 11) is 0. The fourth-order valence-electron chi connectivity index (χ4n) is 2.63. The molecule has 4 nitrogen and oxygen atoms in total. The molecule has 24 heavy (non-hydrogen) atoms. The van der Waals surface area contributed by atoms with Gasteiger partial charge < -0.3 is 10.2 Å². The van der Waals surface area contributed by atoms with Crippen LogP contribution in [0.1, 0.15) is 38.7 Å². The molecule has 1 aliphatic rings. The normalized spacial score (nSPS) is 17.7. The van der Waals surface area contributed by atoms with Crippen molar-refractivity contribution < 1.29 is 18.0 Å². The second kappa shape index (κ2) is 7.59. The molecular weight excluding hydrogens is 343 g/mol. The molecule has 0 spiro atoms. The number of piperidine rings is 1. The van der Waals surface area contributed by atoms with Crippen molar-refractivity contribution in [2.45, 2.75) is 45.3 Å². The molecule has 0 radical (unpaired) electrons. The Morgan fingerprint density at radius 3 is 2.58 bits per heavy atom. The third kappa shape index (κ3) is 4.53. The van der Waals surface area contributed by atoms with Gasteiger partial charge in [-0.05, 0) is 32.3 Å². The van der Waals surface area contributed by atoms with E-state index in [2.05, 4.69) is 10.3 Å². The number of carbonyl (C=O) groups is 1. The van der Waals surface area contributed by atoms with Crippen LogP contribution < -0.4 is 10.2 Å². The topological polar surface area (TPSA) is 45.2 Å². The maximum atomic E-state index is 12.7. The molecule has 134 valence electrons. The fraction of sp³-hybridized carbons (Fsp3) is 0.625. The van der Waals surface area contributed by atoms with Crippen LogP contribution in [0.15, 0.2) is 12.3 Å². The van der Waals surface area contributed by atoms with Crippen LogP contribution in [0.2, 0.25) is 5.02 Å². The van der Waals surface area contributed by atoms with E-state index in [1.54, 1.807) is 0 Å². The van der Waals surface area contributed by atoms with Crippen molar-refractivity contribution in [2.24, 2.45) is 5.92 Å². The van der Waals surface area contributed by atoms with E-state index in [0.717, 1.165) is 18.7 Å². The molecule has 1 amide bonds. The first-order chi connectivity index (χ1) is 11.2. The van der Waals surface area contributed by atoms with Gasteiger partial charge in [-0.25, -0.2) is 4.98 Å². The van der Waals surface area contributed by atoms with Crippen LogP contribution in [0.4, 0.5) is 19.0 Å². The van der Waals surface area contributed by atoms with Gasteiger partial charge in [0.05, 0.1) is 10.6 Å². The summed E-state index contributed by atoms with van der Waals surface area (Å²) >= 11 is 5.97. The summed E-state index contributed by atoms with van der Waals surface area (Å²) in [6.45, 7) is 5.04. The van der Waals surface area contributed by atoms with Gasteiger partial charge in [0, 0.05) is 31.2 Å². The lowest BCUT2D eigenvalue weighted by Crippen LogP contribution is -2.43. The van der Waals surface area contributed by atoms with Crippen LogP contribution in [0, 0.1) is 5.92 Å². The number of halogens is 4. The van der Waals surface area contributed by atoms with Crippen molar-refractivity contribution in [2.75, 3.05) is 18.0 Å². The summed E-state index contributed by atoms with van der Waals surface area (Å²) in [6, 6.07) is 1.03. The number of anilines is 1. The standard InChI is InChI=1S/C16H21ClF3N3O/c1-3-10(2)22-15(24)11-4-6-23(7-5-11)14-13(17)8-12(9-21-14)16(18,19)20/h8-11H,3-7H2,1-2H3,(H,22,24)/t10-/m1/s1. The second-order valence-electron chi connectivity index (χ2n) is 6.11. The molecule has 0 bridgehead atoms. The smallest absolute Gasteiger partial charge is 0.355 e. The lowest BCUT2D eigenvalue weighted by Gasteiger charge is -2.33. The SMILES string of the molecule is CC[C@@H](C)NC(=O)C1CCN(c2ncc(C(F)(F)F)cc2Cl)CC1. The van der Waals surface area contributed by atoms with Crippen LogP contribution >= 0.6 is 11.6 Å². The van der Waals surface area contributed by atoms with Crippen LogP contribution in [0.3, 0.4) is 0 Å². The highest BCUT2D eigenvalue weighted by molar-refractivity contribution is 6.33. The predicted octanol–water partition coefficient (Wildman–Crippen LogP) is 3.88. The Morgan fingerprint density at radius 2 is 2.08 bits per heavy atom. The summed E-state index contributed by atoms with van der Waals surface area (Å²) < 4.78 is 38.0. The Balaban J connectivity index is 1.98. The van der Waals surface area contributed by atoms with E-state index in [-0.39, 0.29) is 22.9 Å². The Kier molecular flexibility index (Phi) is 5.96. The third-order valence-corrected chi connectivity index (χ3v) is 4.59. The molecule has 1 aromatic rings. The third-order valence-electron chi connectivity index (χ3n) is 4.32. The van der Waals surface area contributed by atoms with Crippen LogP contribution in [0.25, 0.3) is 0 Å².